The number of carbonyl (C=O) groups excluding carboxylic acids is 1. The normalized spacial score (nSPS) is 23.8. The highest BCUT2D eigenvalue weighted by Gasteiger charge is 2.29. The Labute approximate surface area is 113 Å². The second-order valence-corrected chi connectivity index (χ2v) is 5.35. The van der Waals surface area contributed by atoms with Gasteiger partial charge >= 0.3 is 6.03 Å². The molecule has 0 radical (unpaired) electrons. The number of para-hydroxylation sites is 1. The van der Waals surface area contributed by atoms with E-state index in [4.69, 9.17) is 11.6 Å². The van der Waals surface area contributed by atoms with E-state index in [2.05, 4.69) is 19.2 Å². The summed E-state index contributed by atoms with van der Waals surface area (Å²) in [6.07, 6.45) is 3.33. The monoisotopic (exact) mass is 266 g/mol. The first-order valence-electron chi connectivity index (χ1n) is 6.43. The zero-order valence-electron chi connectivity index (χ0n) is 10.8. The Hall–Kier alpha value is -1.22. The van der Waals surface area contributed by atoms with Crippen molar-refractivity contribution in [2.45, 2.75) is 45.2 Å². The standard InChI is InChI=1S/C14H19ClN2O/c1-10-6-5-7-11(2)17(10)14(18)16-13-9-4-3-8-12(13)15/h3-4,8-11H,5-7H2,1-2H3,(H,16,18)/t10-,11-/m0/s1. The molecule has 0 bridgehead atoms. The van der Waals surface area contributed by atoms with Gasteiger partial charge in [0.15, 0.2) is 0 Å². The molecule has 98 valence electrons. The third kappa shape index (κ3) is 2.78. The fourth-order valence-corrected chi connectivity index (χ4v) is 2.75. The van der Waals surface area contributed by atoms with E-state index in [1.165, 1.54) is 6.42 Å². The maximum atomic E-state index is 12.3. The van der Waals surface area contributed by atoms with E-state index in [0.29, 0.717) is 10.7 Å². The van der Waals surface area contributed by atoms with Gasteiger partial charge in [-0.2, -0.15) is 0 Å². The summed E-state index contributed by atoms with van der Waals surface area (Å²) in [5, 5.41) is 3.47. The maximum absolute atomic E-state index is 12.3. The molecule has 1 aromatic rings. The minimum absolute atomic E-state index is 0.0530. The minimum atomic E-state index is -0.0530. The van der Waals surface area contributed by atoms with Crippen molar-refractivity contribution in [1.82, 2.24) is 4.90 Å². The molecule has 2 amide bonds. The van der Waals surface area contributed by atoms with Gasteiger partial charge in [-0.1, -0.05) is 23.7 Å². The van der Waals surface area contributed by atoms with Gasteiger partial charge < -0.3 is 10.2 Å². The first kappa shape index (κ1) is 13.2. The van der Waals surface area contributed by atoms with Crippen molar-refractivity contribution in [3.63, 3.8) is 0 Å². The number of halogens is 1. The fourth-order valence-electron chi connectivity index (χ4n) is 2.56. The van der Waals surface area contributed by atoms with Crippen LogP contribution < -0.4 is 5.32 Å². The summed E-state index contributed by atoms with van der Waals surface area (Å²) in [6, 6.07) is 7.84. The summed E-state index contributed by atoms with van der Waals surface area (Å²) >= 11 is 6.05. The highest BCUT2D eigenvalue weighted by molar-refractivity contribution is 6.33. The molecule has 1 aliphatic rings. The average molecular weight is 267 g/mol. The maximum Gasteiger partial charge on any atom is 0.322 e. The van der Waals surface area contributed by atoms with Crippen LogP contribution in [0.15, 0.2) is 24.3 Å². The van der Waals surface area contributed by atoms with E-state index in [1.807, 2.05) is 23.1 Å². The number of rotatable bonds is 1. The van der Waals surface area contributed by atoms with E-state index in [-0.39, 0.29) is 18.1 Å². The lowest BCUT2D eigenvalue weighted by Crippen LogP contribution is -2.49. The summed E-state index contributed by atoms with van der Waals surface area (Å²) in [5.41, 5.74) is 0.675. The number of nitrogens with zero attached hydrogens (tertiary/aromatic N) is 1. The number of urea groups is 1. The van der Waals surface area contributed by atoms with Crippen molar-refractivity contribution >= 4 is 23.3 Å². The Morgan fingerprint density at radius 1 is 1.28 bits per heavy atom. The van der Waals surface area contributed by atoms with Crippen LogP contribution in [-0.4, -0.2) is 23.0 Å². The van der Waals surface area contributed by atoms with Crippen LogP contribution in [0.25, 0.3) is 0 Å². The van der Waals surface area contributed by atoms with Gasteiger partial charge in [0.1, 0.15) is 0 Å². The molecule has 1 aromatic carbocycles. The number of carbonyl (C=O) groups is 1. The summed E-state index contributed by atoms with van der Waals surface area (Å²) in [7, 11) is 0. The second kappa shape index (κ2) is 5.61. The van der Waals surface area contributed by atoms with Crippen molar-refractivity contribution in [3.8, 4) is 0 Å². The van der Waals surface area contributed by atoms with Crippen molar-refractivity contribution in [2.75, 3.05) is 5.32 Å². The molecule has 0 aliphatic carbocycles. The summed E-state index contributed by atoms with van der Waals surface area (Å²) < 4.78 is 0. The number of hydrogen-bond acceptors (Lipinski definition) is 1. The lowest BCUT2D eigenvalue weighted by Gasteiger charge is -2.38. The molecule has 0 unspecified atom stereocenters. The lowest BCUT2D eigenvalue weighted by molar-refractivity contribution is 0.133. The Bertz CT molecular complexity index is 426. The molecule has 2 rings (SSSR count). The molecule has 1 aliphatic heterocycles. The molecule has 2 atom stereocenters. The van der Waals surface area contributed by atoms with Crippen LogP contribution in [-0.2, 0) is 0 Å². The van der Waals surface area contributed by atoms with Gasteiger partial charge in [0.25, 0.3) is 0 Å². The highest BCUT2D eigenvalue weighted by Crippen LogP contribution is 2.25. The molecule has 18 heavy (non-hydrogen) atoms. The van der Waals surface area contributed by atoms with Crippen molar-refractivity contribution in [3.05, 3.63) is 29.3 Å². The third-order valence-corrected chi connectivity index (χ3v) is 3.87. The number of benzene rings is 1. The molecule has 1 saturated heterocycles. The molecule has 0 spiro atoms. The number of anilines is 1. The zero-order valence-corrected chi connectivity index (χ0v) is 11.6. The zero-order chi connectivity index (χ0) is 13.1. The predicted molar refractivity (Wildman–Crippen MR) is 75.1 cm³/mol. The first-order valence-corrected chi connectivity index (χ1v) is 6.81. The minimum Gasteiger partial charge on any atom is -0.319 e. The molecular formula is C14H19ClN2O. The third-order valence-electron chi connectivity index (χ3n) is 3.54. The van der Waals surface area contributed by atoms with Crippen LogP contribution in [0.4, 0.5) is 10.5 Å². The molecule has 0 saturated carbocycles. The quantitative estimate of drug-likeness (QED) is 0.814. The molecule has 3 nitrogen and oxygen atoms in total. The first-order chi connectivity index (χ1) is 8.59. The van der Waals surface area contributed by atoms with Crippen molar-refractivity contribution in [1.29, 1.82) is 0 Å². The van der Waals surface area contributed by atoms with Gasteiger partial charge in [-0.3, -0.25) is 0 Å². The van der Waals surface area contributed by atoms with Gasteiger partial charge in [0.2, 0.25) is 0 Å². The number of amides is 2. The van der Waals surface area contributed by atoms with E-state index in [0.717, 1.165) is 12.8 Å². The van der Waals surface area contributed by atoms with Crippen LogP contribution in [0, 0.1) is 0 Å². The van der Waals surface area contributed by atoms with Gasteiger partial charge in [-0.05, 0) is 45.2 Å². The van der Waals surface area contributed by atoms with Crippen molar-refractivity contribution < 1.29 is 4.79 Å². The Morgan fingerprint density at radius 2 is 1.89 bits per heavy atom. The Balaban J connectivity index is 2.09. The summed E-state index contributed by atoms with van der Waals surface area (Å²) in [5.74, 6) is 0. The predicted octanol–water partition coefficient (Wildman–Crippen LogP) is 4.13. The lowest BCUT2D eigenvalue weighted by atomic mass is 9.98. The largest absolute Gasteiger partial charge is 0.322 e. The number of likely N-dealkylation sites (tertiary alicyclic amines) is 1. The van der Waals surface area contributed by atoms with Crippen LogP contribution in [0.3, 0.4) is 0 Å². The fraction of sp³-hybridized carbons (Fsp3) is 0.500. The molecule has 1 N–H and O–H groups in total. The van der Waals surface area contributed by atoms with Crippen LogP contribution in [0.2, 0.25) is 5.02 Å². The number of hydrogen-bond donors (Lipinski definition) is 1. The van der Waals surface area contributed by atoms with E-state index >= 15 is 0 Å². The topological polar surface area (TPSA) is 32.3 Å². The molecular weight excluding hydrogens is 248 g/mol. The number of nitrogens with one attached hydrogen (secondary N) is 1. The smallest absolute Gasteiger partial charge is 0.319 e. The molecule has 1 heterocycles. The van der Waals surface area contributed by atoms with Crippen LogP contribution in [0.1, 0.15) is 33.1 Å². The van der Waals surface area contributed by atoms with Crippen molar-refractivity contribution in [2.24, 2.45) is 0 Å². The number of piperidine rings is 1. The van der Waals surface area contributed by atoms with E-state index < -0.39 is 0 Å². The highest BCUT2D eigenvalue weighted by atomic mass is 35.5. The molecule has 4 heteroatoms. The Morgan fingerprint density at radius 3 is 2.50 bits per heavy atom. The van der Waals surface area contributed by atoms with Gasteiger partial charge in [0, 0.05) is 12.1 Å². The van der Waals surface area contributed by atoms with Crippen LogP contribution >= 0.6 is 11.6 Å². The van der Waals surface area contributed by atoms with Gasteiger partial charge in [0.05, 0.1) is 10.7 Å². The summed E-state index contributed by atoms with van der Waals surface area (Å²) in [4.78, 5) is 14.2. The van der Waals surface area contributed by atoms with Gasteiger partial charge in [-0.15, -0.1) is 0 Å². The average Bonchev–Trinajstić information content (AvgIpc) is 2.32. The van der Waals surface area contributed by atoms with Crippen LogP contribution in [0.5, 0.6) is 0 Å². The molecule has 1 fully saturated rings. The Kier molecular flexibility index (Phi) is 4.12. The van der Waals surface area contributed by atoms with Gasteiger partial charge in [-0.25, -0.2) is 4.79 Å². The van der Waals surface area contributed by atoms with E-state index in [1.54, 1.807) is 6.07 Å². The molecule has 0 aromatic heterocycles. The second-order valence-electron chi connectivity index (χ2n) is 4.95. The summed E-state index contributed by atoms with van der Waals surface area (Å²) in [6.45, 7) is 4.20. The van der Waals surface area contributed by atoms with E-state index in [9.17, 15) is 4.79 Å². The SMILES string of the molecule is C[C@H]1CCC[C@H](C)N1C(=O)Nc1ccccc1Cl.